The van der Waals surface area contributed by atoms with Crippen molar-refractivity contribution in [2.45, 2.75) is 65.9 Å². The van der Waals surface area contributed by atoms with Crippen LogP contribution in [0.3, 0.4) is 0 Å². The van der Waals surface area contributed by atoms with E-state index in [-0.39, 0.29) is 12.1 Å². The van der Waals surface area contributed by atoms with Gasteiger partial charge in [0.25, 0.3) is 0 Å². The van der Waals surface area contributed by atoms with Gasteiger partial charge in [0.15, 0.2) is 0 Å². The average molecular weight is 200 g/mol. The van der Waals surface area contributed by atoms with E-state index in [4.69, 9.17) is 4.74 Å². The molecule has 0 fully saturated rings. The molecule has 0 saturated heterocycles. The van der Waals surface area contributed by atoms with Crippen molar-refractivity contribution < 1.29 is 9.53 Å². The zero-order valence-corrected chi connectivity index (χ0v) is 10.0. The monoisotopic (exact) mass is 200 g/mol. The van der Waals surface area contributed by atoms with Crippen LogP contribution < -0.4 is 0 Å². The van der Waals surface area contributed by atoms with E-state index in [0.717, 1.165) is 18.8 Å². The Balaban J connectivity index is 3.47. The molecule has 0 amide bonds. The quantitative estimate of drug-likeness (QED) is 0.464. The average Bonchev–Trinajstić information content (AvgIpc) is 2.09. The summed E-state index contributed by atoms with van der Waals surface area (Å²) in [6.07, 6.45) is 5.78. The summed E-state index contributed by atoms with van der Waals surface area (Å²) in [5.74, 6) is 0.629. The summed E-state index contributed by atoms with van der Waals surface area (Å²) >= 11 is 0. The molecule has 0 aliphatic carbocycles. The van der Waals surface area contributed by atoms with Crippen molar-refractivity contribution in [2.24, 2.45) is 5.92 Å². The van der Waals surface area contributed by atoms with Gasteiger partial charge in [0, 0.05) is 6.92 Å². The summed E-state index contributed by atoms with van der Waals surface area (Å²) in [7, 11) is 0. The second kappa shape index (κ2) is 7.84. The van der Waals surface area contributed by atoms with Crippen molar-refractivity contribution in [2.75, 3.05) is 0 Å². The van der Waals surface area contributed by atoms with Crippen LogP contribution in [0.4, 0.5) is 0 Å². The number of unbranched alkanes of at least 4 members (excludes halogenated alkanes) is 1. The van der Waals surface area contributed by atoms with Gasteiger partial charge in [-0.1, -0.05) is 33.6 Å². The minimum atomic E-state index is -0.152. The first-order chi connectivity index (χ1) is 6.56. The molecule has 0 heterocycles. The molecule has 0 aromatic rings. The van der Waals surface area contributed by atoms with Gasteiger partial charge >= 0.3 is 5.97 Å². The Morgan fingerprint density at radius 3 is 2.21 bits per heavy atom. The maximum absolute atomic E-state index is 10.7. The summed E-state index contributed by atoms with van der Waals surface area (Å²) in [5, 5.41) is 0. The molecule has 2 nitrogen and oxygen atoms in total. The maximum Gasteiger partial charge on any atom is 0.302 e. The minimum absolute atomic E-state index is 0.139. The largest absolute Gasteiger partial charge is 0.463 e. The van der Waals surface area contributed by atoms with Crippen LogP contribution in [-0.2, 0) is 9.53 Å². The highest BCUT2D eigenvalue weighted by Gasteiger charge is 2.08. The van der Waals surface area contributed by atoms with Gasteiger partial charge in [-0.15, -0.1) is 0 Å². The Morgan fingerprint density at radius 1 is 1.21 bits per heavy atom. The second-order valence-corrected chi connectivity index (χ2v) is 4.32. The SMILES string of the molecule is CCC(CCCCC(C)C)OC(C)=O. The third-order valence-electron chi connectivity index (χ3n) is 2.35. The number of carbonyl (C=O) groups excluding carboxylic acids is 1. The Labute approximate surface area is 88.0 Å². The molecule has 2 heteroatoms. The summed E-state index contributed by atoms with van der Waals surface area (Å²) < 4.78 is 5.17. The summed E-state index contributed by atoms with van der Waals surface area (Å²) in [6.45, 7) is 8.03. The van der Waals surface area contributed by atoms with Gasteiger partial charge in [0.05, 0.1) is 0 Å². The molecule has 1 unspecified atom stereocenters. The lowest BCUT2D eigenvalue weighted by Gasteiger charge is -2.14. The number of esters is 1. The molecule has 0 N–H and O–H groups in total. The standard InChI is InChI=1S/C12H24O2/c1-5-12(14-11(4)13)9-7-6-8-10(2)3/h10,12H,5-9H2,1-4H3. The van der Waals surface area contributed by atoms with Crippen LogP contribution in [0.25, 0.3) is 0 Å². The van der Waals surface area contributed by atoms with Crippen LogP contribution >= 0.6 is 0 Å². The molecule has 0 radical (unpaired) electrons. The number of carbonyl (C=O) groups is 1. The first-order valence-electron chi connectivity index (χ1n) is 5.73. The van der Waals surface area contributed by atoms with E-state index in [1.807, 2.05) is 0 Å². The van der Waals surface area contributed by atoms with Gasteiger partial charge in [-0.3, -0.25) is 4.79 Å². The van der Waals surface area contributed by atoms with Crippen molar-refractivity contribution in [3.8, 4) is 0 Å². The molecular formula is C12H24O2. The lowest BCUT2D eigenvalue weighted by molar-refractivity contribution is -0.146. The Bertz CT molecular complexity index is 152. The molecule has 0 aromatic carbocycles. The number of ether oxygens (including phenoxy) is 1. The molecule has 0 aliphatic rings. The fourth-order valence-electron chi connectivity index (χ4n) is 1.51. The Morgan fingerprint density at radius 2 is 1.79 bits per heavy atom. The zero-order valence-electron chi connectivity index (χ0n) is 10.0. The van der Waals surface area contributed by atoms with Crippen molar-refractivity contribution >= 4 is 5.97 Å². The summed E-state index contributed by atoms with van der Waals surface area (Å²) in [4.78, 5) is 10.7. The molecule has 0 aliphatic heterocycles. The lowest BCUT2D eigenvalue weighted by Crippen LogP contribution is -2.15. The third kappa shape index (κ3) is 8.09. The maximum atomic E-state index is 10.7. The van der Waals surface area contributed by atoms with E-state index >= 15 is 0 Å². The highest BCUT2D eigenvalue weighted by molar-refractivity contribution is 5.66. The first-order valence-corrected chi connectivity index (χ1v) is 5.73. The minimum Gasteiger partial charge on any atom is -0.463 e. The van der Waals surface area contributed by atoms with E-state index in [0.29, 0.717) is 0 Å². The van der Waals surface area contributed by atoms with Crippen molar-refractivity contribution in [1.29, 1.82) is 0 Å². The van der Waals surface area contributed by atoms with Crippen molar-refractivity contribution in [3.05, 3.63) is 0 Å². The fraction of sp³-hybridized carbons (Fsp3) is 0.917. The van der Waals surface area contributed by atoms with E-state index in [1.54, 1.807) is 0 Å². The van der Waals surface area contributed by atoms with E-state index in [1.165, 1.54) is 26.2 Å². The number of hydrogen-bond donors (Lipinski definition) is 0. The molecule has 0 bridgehead atoms. The van der Waals surface area contributed by atoms with Gasteiger partial charge in [-0.05, 0) is 25.2 Å². The Hall–Kier alpha value is -0.530. The van der Waals surface area contributed by atoms with Crippen molar-refractivity contribution in [1.82, 2.24) is 0 Å². The van der Waals surface area contributed by atoms with E-state index in [2.05, 4.69) is 20.8 Å². The van der Waals surface area contributed by atoms with E-state index < -0.39 is 0 Å². The van der Waals surface area contributed by atoms with Gasteiger partial charge in [-0.25, -0.2) is 0 Å². The fourth-order valence-corrected chi connectivity index (χ4v) is 1.51. The van der Waals surface area contributed by atoms with Gasteiger partial charge in [-0.2, -0.15) is 0 Å². The van der Waals surface area contributed by atoms with Crippen LogP contribution in [0.15, 0.2) is 0 Å². The number of hydrogen-bond acceptors (Lipinski definition) is 2. The predicted molar refractivity (Wildman–Crippen MR) is 59.2 cm³/mol. The van der Waals surface area contributed by atoms with Gasteiger partial charge in [0.2, 0.25) is 0 Å². The molecular weight excluding hydrogens is 176 g/mol. The smallest absolute Gasteiger partial charge is 0.302 e. The van der Waals surface area contributed by atoms with Gasteiger partial charge < -0.3 is 4.74 Å². The molecule has 1 atom stereocenters. The van der Waals surface area contributed by atoms with Crippen molar-refractivity contribution in [3.63, 3.8) is 0 Å². The van der Waals surface area contributed by atoms with Crippen LogP contribution in [0.1, 0.15) is 59.8 Å². The summed E-state index contributed by atoms with van der Waals surface area (Å²) in [5.41, 5.74) is 0. The van der Waals surface area contributed by atoms with Crippen LogP contribution in [0.5, 0.6) is 0 Å². The third-order valence-corrected chi connectivity index (χ3v) is 2.35. The predicted octanol–water partition coefficient (Wildman–Crippen LogP) is 3.54. The summed E-state index contributed by atoms with van der Waals surface area (Å²) in [6, 6.07) is 0. The molecule has 0 rings (SSSR count). The zero-order chi connectivity index (χ0) is 11.0. The second-order valence-electron chi connectivity index (χ2n) is 4.32. The lowest BCUT2D eigenvalue weighted by atomic mass is 10.0. The topological polar surface area (TPSA) is 26.3 Å². The van der Waals surface area contributed by atoms with Gasteiger partial charge in [0.1, 0.15) is 6.10 Å². The first kappa shape index (κ1) is 13.5. The molecule has 0 saturated carbocycles. The normalized spacial score (nSPS) is 12.9. The van der Waals surface area contributed by atoms with Crippen LogP contribution in [-0.4, -0.2) is 12.1 Å². The molecule has 14 heavy (non-hydrogen) atoms. The molecule has 84 valence electrons. The van der Waals surface area contributed by atoms with E-state index in [9.17, 15) is 4.79 Å². The Kier molecular flexibility index (Phi) is 7.54. The highest BCUT2D eigenvalue weighted by Crippen LogP contribution is 2.13. The van der Waals surface area contributed by atoms with Crippen LogP contribution in [0.2, 0.25) is 0 Å². The molecule has 0 spiro atoms. The van der Waals surface area contributed by atoms with Crippen LogP contribution in [0, 0.1) is 5.92 Å². The number of rotatable bonds is 7. The molecule has 0 aromatic heterocycles. The highest BCUT2D eigenvalue weighted by atomic mass is 16.5.